The van der Waals surface area contributed by atoms with Gasteiger partial charge in [0.15, 0.2) is 0 Å². The van der Waals surface area contributed by atoms with Crippen molar-refractivity contribution >= 4 is 11.8 Å². The van der Waals surface area contributed by atoms with Gasteiger partial charge in [0.05, 0.1) is 4.87 Å². The van der Waals surface area contributed by atoms with Crippen LogP contribution in [-0.2, 0) is 0 Å². The highest BCUT2D eigenvalue weighted by molar-refractivity contribution is 8.00. The fraction of sp³-hybridized carbons (Fsp3) is 1.00. The van der Waals surface area contributed by atoms with Crippen LogP contribution in [0.5, 0.6) is 0 Å². The minimum absolute atomic E-state index is 0.466. The predicted octanol–water partition coefficient (Wildman–Crippen LogP) is 1.77. The molecule has 3 heteroatoms. The maximum absolute atomic E-state index is 3.68. The summed E-state index contributed by atoms with van der Waals surface area (Å²) in [5.41, 5.74) is 0. The van der Waals surface area contributed by atoms with Crippen molar-refractivity contribution in [3.8, 4) is 0 Å². The zero-order valence-corrected chi connectivity index (χ0v) is 10.2. The molecule has 0 radical (unpaired) electrons. The van der Waals surface area contributed by atoms with Gasteiger partial charge in [-0.1, -0.05) is 13.8 Å². The molecular weight excluding hydrogens is 192 g/mol. The number of hydrogen-bond acceptors (Lipinski definition) is 3. The van der Waals surface area contributed by atoms with Crippen molar-refractivity contribution in [2.75, 3.05) is 31.9 Å². The molecule has 2 nitrogen and oxygen atoms in total. The summed E-state index contributed by atoms with van der Waals surface area (Å²) in [4.78, 5) is 3.09. The Hall–Kier alpha value is 0.270. The molecule has 2 fully saturated rings. The molecule has 0 aromatic heterocycles. The molecule has 0 aromatic rings. The van der Waals surface area contributed by atoms with E-state index in [-0.39, 0.29) is 0 Å². The zero-order valence-electron chi connectivity index (χ0n) is 9.38. The summed E-state index contributed by atoms with van der Waals surface area (Å²) in [7, 11) is 0. The van der Waals surface area contributed by atoms with Crippen LogP contribution in [0.15, 0.2) is 0 Å². The van der Waals surface area contributed by atoms with Crippen LogP contribution in [0, 0.1) is 5.92 Å². The van der Waals surface area contributed by atoms with E-state index in [0.717, 1.165) is 5.92 Å². The summed E-state index contributed by atoms with van der Waals surface area (Å²) in [6, 6.07) is 0. The van der Waals surface area contributed by atoms with Gasteiger partial charge in [-0.3, -0.25) is 0 Å². The van der Waals surface area contributed by atoms with E-state index in [1.165, 1.54) is 44.8 Å². The Labute approximate surface area is 91.8 Å². The van der Waals surface area contributed by atoms with Crippen molar-refractivity contribution in [2.45, 2.75) is 31.6 Å². The van der Waals surface area contributed by atoms with Gasteiger partial charge >= 0.3 is 0 Å². The third-order valence-corrected chi connectivity index (χ3v) is 4.73. The second kappa shape index (κ2) is 4.42. The normalized spacial score (nSPS) is 27.6. The SMILES string of the molecule is CC(C)CN1CCC2(CC1)NCCS2. The Bertz CT molecular complexity index is 178. The summed E-state index contributed by atoms with van der Waals surface area (Å²) in [6.45, 7) is 9.70. The zero-order chi connectivity index (χ0) is 10.0. The Morgan fingerprint density at radius 2 is 2.07 bits per heavy atom. The number of piperidine rings is 1. The maximum Gasteiger partial charge on any atom is 0.0670 e. The number of likely N-dealkylation sites (tertiary alicyclic amines) is 1. The van der Waals surface area contributed by atoms with Gasteiger partial charge in [0.25, 0.3) is 0 Å². The van der Waals surface area contributed by atoms with E-state index in [1.807, 2.05) is 0 Å². The third-order valence-electron chi connectivity index (χ3n) is 3.21. The first-order valence-electron chi connectivity index (χ1n) is 5.82. The number of nitrogens with zero attached hydrogens (tertiary/aromatic N) is 1. The van der Waals surface area contributed by atoms with Crippen molar-refractivity contribution < 1.29 is 0 Å². The molecule has 0 saturated carbocycles. The fourth-order valence-electron chi connectivity index (χ4n) is 2.51. The Balaban J connectivity index is 1.79. The molecule has 2 aliphatic heterocycles. The van der Waals surface area contributed by atoms with Crippen LogP contribution in [0.2, 0.25) is 0 Å². The third kappa shape index (κ3) is 2.44. The molecule has 2 rings (SSSR count). The topological polar surface area (TPSA) is 15.3 Å². The van der Waals surface area contributed by atoms with Gasteiger partial charge in [-0.05, 0) is 18.8 Å². The molecular formula is C11H22N2S. The highest BCUT2D eigenvalue weighted by Crippen LogP contribution is 2.36. The highest BCUT2D eigenvalue weighted by Gasteiger charge is 2.37. The standard InChI is InChI=1S/C11H22N2S/c1-10(2)9-13-6-3-11(4-7-13)12-5-8-14-11/h10,12H,3-9H2,1-2H3. The molecule has 0 aromatic carbocycles. The molecule has 0 atom stereocenters. The Morgan fingerprint density at radius 1 is 1.36 bits per heavy atom. The predicted molar refractivity (Wildman–Crippen MR) is 63.7 cm³/mol. The molecule has 2 saturated heterocycles. The van der Waals surface area contributed by atoms with Gasteiger partial charge in [0.1, 0.15) is 0 Å². The minimum Gasteiger partial charge on any atom is -0.303 e. The van der Waals surface area contributed by atoms with Gasteiger partial charge in [0, 0.05) is 31.9 Å². The van der Waals surface area contributed by atoms with Gasteiger partial charge in [-0.25, -0.2) is 0 Å². The molecule has 14 heavy (non-hydrogen) atoms. The molecule has 0 amide bonds. The van der Waals surface area contributed by atoms with Crippen LogP contribution in [-0.4, -0.2) is 41.7 Å². The van der Waals surface area contributed by atoms with Crippen LogP contribution in [0.25, 0.3) is 0 Å². The average molecular weight is 214 g/mol. The van der Waals surface area contributed by atoms with E-state index in [4.69, 9.17) is 0 Å². The second-order valence-electron chi connectivity index (χ2n) is 4.96. The second-order valence-corrected chi connectivity index (χ2v) is 6.44. The smallest absolute Gasteiger partial charge is 0.0670 e. The molecule has 82 valence electrons. The number of rotatable bonds is 2. The summed E-state index contributed by atoms with van der Waals surface area (Å²) in [6.07, 6.45) is 2.68. The van der Waals surface area contributed by atoms with E-state index in [1.54, 1.807) is 0 Å². The first-order valence-corrected chi connectivity index (χ1v) is 6.80. The van der Waals surface area contributed by atoms with Crippen LogP contribution in [0.1, 0.15) is 26.7 Å². The summed E-state index contributed by atoms with van der Waals surface area (Å²) >= 11 is 2.15. The first kappa shape index (κ1) is 10.8. The summed E-state index contributed by atoms with van der Waals surface area (Å²) in [5.74, 6) is 2.12. The van der Waals surface area contributed by atoms with Gasteiger partial charge in [0.2, 0.25) is 0 Å². The lowest BCUT2D eigenvalue weighted by atomic mass is 10.0. The van der Waals surface area contributed by atoms with E-state index >= 15 is 0 Å². The lowest BCUT2D eigenvalue weighted by Gasteiger charge is -2.39. The quantitative estimate of drug-likeness (QED) is 0.754. The molecule has 2 aliphatic rings. The summed E-state index contributed by atoms with van der Waals surface area (Å²) < 4.78 is 0. The Morgan fingerprint density at radius 3 is 2.57 bits per heavy atom. The minimum atomic E-state index is 0.466. The maximum atomic E-state index is 3.68. The lowest BCUT2D eigenvalue weighted by molar-refractivity contribution is 0.172. The molecule has 0 aliphatic carbocycles. The van der Waals surface area contributed by atoms with Crippen LogP contribution >= 0.6 is 11.8 Å². The molecule has 1 spiro atoms. The van der Waals surface area contributed by atoms with Crippen LogP contribution in [0.4, 0.5) is 0 Å². The highest BCUT2D eigenvalue weighted by atomic mass is 32.2. The molecule has 0 unspecified atom stereocenters. The first-order chi connectivity index (χ1) is 6.70. The van der Waals surface area contributed by atoms with Crippen molar-refractivity contribution in [1.29, 1.82) is 0 Å². The van der Waals surface area contributed by atoms with E-state index in [9.17, 15) is 0 Å². The fourth-order valence-corrected chi connectivity index (χ4v) is 3.78. The number of thioether (sulfide) groups is 1. The Kier molecular flexibility index (Phi) is 3.40. The molecule has 2 heterocycles. The number of hydrogen-bond donors (Lipinski definition) is 1. The van der Waals surface area contributed by atoms with Gasteiger partial charge in [-0.2, -0.15) is 0 Å². The molecule has 1 N–H and O–H groups in total. The largest absolute Gasteiger partial charge is 0.303 e. The van der Waals surface area contributed by atoms with Crippen molar-refractivity contribution in [2.24, 2.45) is 5.92 Å². The van der Waals surface area contributed by atoms with Gasteiger partial charge in [-0.15, -0.1) is 11.8 Å². The van der Waals surface area contributed by atoms with E-state index < -0.39 is 0 Å². The number of nitrogens with one attached hydrogen (secondary N) is 1. The average Bonchev–Trinajstić information content (AvgIpc) is 2.58. The van der Waals surface area contributed by atoms with Crippen LogP contribution < -0.4 is 5.32 Å². The van der Waals surface area contributed by atoms with E-state index in [0.29, 0.717) is 4.87 Å². The monoisotopic (exact) mass is 214 g/mol. The van der Waals surface area contributed by atoms with Gasteiger partial charge < -0.3 is 10.2 Å². The van der Waals surface area contributed by atoms with Crippen molar-refractivity contribution in [1.82, 2.24) is 10.2 Å². The van der Waals surface area contributed by atoms with Crippen molar-refractivity contribution in [3.63, 3.8) is 0 Å². The van der Waals surface area contributed by atoms with Crippen molar-refractivity contribution in [3.05, 3.63) is 0 Å². The van der Waals surface area contributed by atoms with Crippen LogP contribution in [0.3, 0.4) is 0 Å². The molecule has 0 bridgehead atoms. The van der Waals surface area contributed by atoms with E-state index in [2.05, 4.69) is 35.8 Å². The summed E-state index contributed by atoms with van der Waals surface area (Å²) in [5, 5.41) is 3.68. The lowest BCUT2D eigenvalue weighted by Crippen LogP contribution is -2.48.